The summed E-state index contributed by atoms with van der Waals surface area (Å²) in [7, 11) is 0. The lowest BCUT2D eigenvalue weighted by molar-refractivity contribution is -0.134. The van der Waals surface area contributed by atoms with Crippen LogP contribution in [0.1, 0.15) is 37.5 Å². The standard InChI is InChI=1S/C19H21N5O4/c25-15-11-23(19(27)20-15)12-16(26)24-10-6-2-5-9-14(24)17-21-18(28-22-17)13-7-3-1-4-8-13/h1,3-4,7-8,14H,2,5-6,9-12H2,(H,20,25,27)/t14-/m0/s1. The van der Waals surface area contributed by atoms with Gasteiger partial charge in [0.1, 0.15) is 13.1 Å². The second-order valence-electron chi connectivity index (χ2n) is 6.99. The van der Waals surface area contributed by atoms with E-state index in [0.29, 0.717) is 18.3 Å². The number of rotatable bonds is 4. The van der Waals surface area contributed by atoms with Crippen LogP contribution in [0, 0.1) is 0 Å². The first-order valence-electron chi connectivity index (χ1n) is 9.39. The van der Waals surface area contributed by atoms with E-state index in [9.17, 15) is 14.4 Å². The third-order valence-electron chi connectivity index (χ3n) is 5.03. The van der Waals surface area contributed by atoms with Crippen molar-refractivity contribution in [3.63, 3.8) is 0 Å². The van der Waals surface area contributed by atoms with Crippen molar-refractivity contribution in [2.24, 2.45) is 0 Å². The molecule has 1 aromatic carbocycles. The van der Waals surface area contributed by atoms with Gasteiger partial charge in [-0.05, 0) is 25.0 Å². The van der Waals surface area contributed by atoms with E-state index in [-0.39, 0.29) is 25.0 Å². The van der Waals surface area contributed by atoms with Crippen LogP contribution in [0.5, 0.6) is 0 Å². The van der Waals surface area contributed by atoms with Crippen molar-refractivity contribution in [2.75, 3.05) is 19.6 Å². The Morgan fingerprint density at radius 1 is 1.18 bits per heavy atom. The number of nitrogens with zero attached hydrogens (tertiary/aromatic N) is 4. The molecule has 4 rings (SSSR count). The van der Waals surface area contributed by atoms with Gasteiger partial charge in [0.25, 0.3) is 5.89 Å². The molecule has 2 aromatic rings. The minimum absolute atomic E-state index is 0.0938. The van der Waals surface area contributed by atoms with Crippen LogP contribution in [0.25, 0.3) is 11.5 Å². The Morgan fingerprint density at radius 2 is 2.00 bits per heavy atom. The van der Waals surface area contributed by atoms with Gasteiger partial charge in [-0.25, -0.2) is 4.79 Å². The highest BCUT2D eigenvalue weighted by Crippen LogP contribution is 2.30. The molecule has 0 aliphatic carbocycles. The zero-order valence-corrected chi connectivity index (χ0v) is 15.3. The molecule has 1 atom stereocenters. The predicted molar refractivity (Wildman–Crippen MR) is 97.8 cm³/mol. The van der Waals surface area contributed by atoms with Gasteiger partial charge in [0.15, 0.2) is 5.82 Å². The Hall–Kier alpha value is -3.23. The van der Waals surface area contributed by atoms with Gasteiger partial charge in [-0.15, -0.1) is 0 Å². The maximum atomic E-state index is 12.9. The summed E-state index contributed by atoms with van der Waals surface area (Å²) in [5, 5.41) is 6.31. The van der Waals surface area contributed by atoms with Crippen LogP contribution in [-0.2, 0) is 9.59 Å². The quantitative estimate of drug-likeness (QED) is 0.806. The normalized spacial score (nSPS) is 20.2. The van der Waals surface area contributed by atoms with Crippen LogP contribution in [0.4, 0.5) is 4.79 Å². The number of benzene rings is 1. The lowest BCUT2D eigenvalue weighted by Gasteiger charge is -2.29. The molecule has 2 aliphatic rings. The molecule has 1 N–H and O–H groups in total. The summed E-state index contributed by atoms with van der Waals surface area (Å²) in [6.07, 6.45) is 3.56. The largest absolute Gasteiger partial charge is 0.334 e. The molecule has 1 aromatic heterocycles. The van der Waals surface area contributed by atoms with E-state index in [0.717, 1.165) is 31.2 Å². The number of hydrogen-bond acceptors (Lipinski definition) is 6. The van der Waals surface area contributed by atoms with E-state index < -0.39 is 11.9 Å². The molecular formula is C19H21N5O4. The smallest absolute Gasteiger partial charge is 0.325 e. The zero-order chi connectivity index (χ0) is 19.5. The SMILES string of the molecule is O=C1CN(CC(=O)N2CCCCC[C@H]2c2noc(-c3ccccc3)n2)C(=O)N1. The Morgan fingerprint density at radius 3 is 2.75 bits per heavy atom. The molecule has 0 saturated carbocycles. The molecule has 4 amide bonds. The maximum absolute atomic E-state index is 12.9. The van der Waals surface area contributed by atoms with E-state index >= 15 is 0 Å². The van der Waals surface area contributed by atoms with Gasteiger partial charge in [-0.2, -0.15) is 4.98 Å². The average Bonchev–Trinajstić information content (AvgIpc) is 3.21. The summed E-state index contributed by atoms with van der Waals surface area (Å²) in [5.74, 6) is 0.270. The molecule has 0 bridgehead atoms. The van der Waals surface area contributed by atoms with Crippen molar-refractivity contribution in [1.82, 2.24) is 25.3 Å². The fraction of sp³-hybridized carbons (Fsp3) is 0.421. The first kappa shape index (κ1) is 18.1. The van der Waals surface area contributed by atoms with Crippen LogP contribution in [0.15, 0.2) is 34.9 Å². The summed E-state index contributed by atoms with van der Waals surface area (Å²) >= 11 is 0. The number of amides is 4. The van der Waals surface area contributed by atoms with E-state index in [4.69, 9.17) is 4.52 Å². The van der Waals surface area contributed by atoms with Gasteiger partial charge < -0.3 is 14.3 Å². The minimum atomic E-state index is -0.532. The number of likely N-dealkylation sites (tertiary alicyclic amines) is 1. The highest BCUT2D eigenvalue weighted by Gasteiger charge is 2.34. The highest BCUT2D eigenvalue weighted by molar-refractivity contribution is 6.03. The van der Waals surface area contributed by atoms with Gasteiger partial charge in [0, 0.05) is 12.1 Å². The number of urea groups is 1. The van der Waals surface area contributed by atoms with Crippen molar-refractivity contribution in [1.29, 1.82) is 0 Å². The Labute approximate surface area is 161 Å². The third-order valence-corrected chi connectivity index (χ3v) is 5.03. The Balaban J connectivity index is 1.54. The van der Waals surface area contributed by atoms with Crippen LogP contribution >= 0.6 is 0 Å². The third kappa shape index (κ3) is 3.73. The molecule has 0 unspecified atom stereocenters. The molecule has 2 saturated heterocycles. The minimum Gasteiger partial charge on any atom is -0.334 e. The average molecular weight is 383 g/mol. The molecule has 0 spiro atoms. The second kappa shape index (κ2) is 7.79. The van der Waals surface area contributed by atoms with Crippen LogP contribution in [0.3, 0.4) is 0 Å². The second-order valence-corrected chi connectivity index (χ2v) is 6.99. The fourth-order valence-electron chi connectivity index (χ4n) is 3.61. The fourth-order valence-corrected chi connectivity index (χ4v) is 3.61. The van der Waals surface area contributed by atoms with E-state index in [2.05, 4.69) is 15.5 Å². The molecule has 0 radical (unpaired) electrons. The molecular weight excluding hydrogens is 362 g/mol. The molecule has 2 aliphatic heterocycles. The maximum Gasteiger partial charge on any atom is 0.325 e. The topological polar surface area (TPSA) is 109 Å². The van der Waals surface area contributed by atoms with Crippen molar-refractivity contribution >= 4 is 17.8 Å². The summed E-state index contributed by atoms with van der Waals surface area (Å²) < 4.78 is 5.42. The van der Waals surface area contributed by atoms with E-state index in [1.807, 2.05) is 30.3 Å². The molecule has 2 fully saturated rings. The van der Waals surface area contributed by atoms with Crippen molar-refractivity contribution in [3.05, 3.63) is 36.2 Å². The molecule has 146 valence electrons. The number of aromatic nitrogens is 2. The molecule has 9 nitrogen and oxygen atoms in total. The molecule has 3 heterocycles. The van der Waals surface area contributed by atoms with Crippen molar-refractivity contribution in [2.45, 2.75) is 31.7 Å². The molecule has 9 heteroatoms. The van der Waals surface area contributed by atoms with Crippen LogP contribution in [0.2, 0.25) is 0 Å². The van der Waals surface area contributed by atoms with Crippen LogP contribution < -0.4 is 5.32 Å². The molecule has 28 heavy (non-hydrogen) atoms. The highest BCUT2D eigenvalue weighted by atomic mass is 16.5. The number of carbonyl (C=O) groups excluding carboxylic acids is 3. The summed E-state index contributed by atoms with van der Waals surface area (Å²) in [6, 6.07) is 8.62. The van der Waals surface area contributed by atoms with Crippen molar-refractivity contribution < 1.29 is 18.9 Å². The van der Waals surface area contributed by atoms with Crippen molar-refractivity contribution in [3.8, 4) is 11.5 Å². The van der Waals surface area contributed by atoms with E-state index in [1.54, 1.807) is 4.90 Å². The number of hydrogen-bond donors (Lipinski definition) is 1. The first-order valence-corrected chi connectivity index (χ1v) is 9.39. The zero-order valence-electron chi connectivity index (χ0n) is 15.3. The van der Waals surface area contributed by atoms with Gasteiger partial charge in [0.2, 0.25) is 11.8 Å². The number of carbonyl (C=O) groups is 3. The summed E-state index contributed by atoms with van der Waals surface area (Å²) in [6.45, 7) is 0.322. The summed E-state index contributed by atoms with van der Waals surface area (Å²) in [5.41, 5.74) is 0.819. The number of imide groups is 1. The predicted octanol–water partition coefficient (Wildman–Crippen LogP) is 1.73. The lowest BCUT2D eigenvalue weighted by atomic mass is 10.1. The Kier molecular flexibility index (Phi) is 5.05. The van der Waals surface area contributed by atoms with Gasteiger partial charge in [-0.1, -0.05) is 36.2 Å². The number of nitrogens with one attached hydrogen (secondary N) is 1. The first-order chi connectivity index (χ1) is 13.6. The van der Waals surface area contributed by atoms with Gasteiger partial charge >= 0.3 is 6.03 Å². The van der Waals surface area contributed by atoms with Gasteiger partial charge in [0.05, 0.1) is 6.04 Å². The lowest BCUT2D eigenvalue weighted by Crippen LogP contribution is -2.43. The Bertz CT molecular complexity index is 881. The van der Waals surface area contributed by atoms with Gasteiger partial charge in [-0.3, -0.25) is 14.9 Å². The van der Waals surface area contributed by atoms with E-state index in [1.165, 1.54) is 4.90 Å². The monoisotopic (exact) mass is 383 g/mol. The summed E-state index contributed by atoms with van der Waals surface area (Å²) in [4.78, 5) is 43.5. The van der Waals surface area contributed by atoms with Crippen LogP contribution in [-0.4, -0.2) is 57.4 Å².